The van der Waals surface area contributed by atoms with Gasteiger partial charge in [0.05, 0.1) is 27.7 Å². The summed E-state index contributed by atoms with van der Waals surface area (Å²) in [5.41, 5.74) is 0. The van der Waals surface area contributed by atoms with E-state index in [-0.39, 0.29) is 26.1 Å². The van der Waals surface area contributed by atoms with Crippen LogP contribution in [0.15, 0.2) is 158 Å². The standard InChI is InChI=1S/C68H110NO8P/c1-6-8-10-12-14-16-18-20-22-24-26-27-28-29-30-31-32-33-34-35-36-37-38-39-40-41-43-45-47-49-51-53-55-57-59-61-68(71)77-66(65-76-78(72,73)75-63-62-69(3,4)5)64-74-67(70)60-58-56-54-52-50-48-46-44-42-25-23-21-19-17-15-13-11-9-7-2/h8,10,14-17,20-23,26-27,29-30,32-33,35-36,38-39,41-44,47,49,66H,6-7,9,11-13,18-19,24-25,28,31,34,37,40,45-46,48,50-65H2,1-5H3/p+1/b10-8-,16-14-,17-15-,22-20-,23-21-,27-26-,30-29-,33-32-,36-35-,39-38-,43-41-,44-42-,49-47-. The topological polar surface area (TPSA) is 108 Å². The van der Waals surface area contributed by atoms with E-state index in [2.05, 4.69) is 172 Å². The molecule has 0 aliphatic carbocycles. The molecule has 2 unspecified atom stereocenters. The number of nitrogens with zero attached hydrogens (tertiary/aromatic N) is 1. The fourth-order valence-corrected chi connectivity index (χ4v) is 8.14. The second-order valence-corrected chi connectivity index (χ2v) is 22.1. The van der Waals surface area contributed by atoms with Gasteiger partial charge >= 0.3 is 19.8 Å². The summed E-state index contributed by atoms with van der Waals surface area (Å²) in [5, 5.41) is 0. The van der Waals surface area contributed by atoms with Crippen molar-refractivity contribution in [3.05, 3.63) is 158 Å². The number of allylic oxidation sites excluding steroid dienone is 26. The van der Waals surface area contributed by atoms with Crippen molar-refractivity contribution in [1.82, 2.24) is 0 Å². The Hall–Kier alpha value is -4.37. The zero-order valence-electron chi connectivity index (χ0n) is 49.8. The molecule has 0 saturated heterocycles. The van der Waals surface area contributed by atoms with Gasteiger partial charge in [0.1, 0.15) is 19.8 Å². The molecule has 0 heterocycles. The van der Waals surface area contributed by atoms with E-state index < -0.39 is 32.5 Å². The lowest BCUT2D eigenvalue weighted by Gasteiger charge is -2.24. The molecule has 1 N–H and O–H groups in total. The first kappa shape index (κ1) is 73.6. The van der Waals surface area contributed by atoms with Crippen LogP contribution in [-0.4, -0.2) is 74.9 Å². The predicted octanol–water partition coefficient (Wildman–Crippen LogP) is 19.3. The molecule has 0 radical (unpaired) electrons. The first-order chi connectivity index (χ1) is 38.0. The third kappa shape index (κ3) is 60.9. The van der Waals surface area contributed by atoms with Crippen LogP contribution in [0.4, 0.5) is 0 Å². The Morgan fingerprint density at radius 1 is 0.410 bits per heavy atom. The lowest BCUT2D eigenvalue weighted by atomic mass is 10.1. The number of rotatable bonds is 53. The molecule has 9 nitrogen and oxygen atoms in total. The van der Waals surface area contributed by atoms with Gasteiger partial charge in [-0.3, -0.25) is 18.6 Å². The third-order valence-corrected chi connectivity index (χ3v) is 13.0. The Kier molecular flexibility index (Phi) is 54.1. The molecule has 0 bridgehead atoms. The van der Waals surface area contributed by atoms with Crippen LogP contribution in [-0.2, 0) is 32.7 Å². The number of phosphoric acid groups is 1. The number of ether oxygens (including phenoxy) is 2. The number of carbonyl (C=O) groups is 2. The minimum atomic E-state index is -4.41. The van der Waals surface area contributed by atoms with Crippen LogP contribution >= 0.6 is 7.82 Å². The highest BCUT2D eigenvalue weighted by atomic mass is 31.2. The van der Waals surface area contributed by atoms with Gasteiger partial charge in [0.15, 0.2) is 6.10 Å². The smallest absolute Gasteiger partial charge is 0.462 e. The number of hydrogen-bond donors (Lipinski definition) is 1. The van der Waals surface area contributed by atoms with E-state index in [1.54, 1.807) is 0 Å². The minimum Gasteiger partial charge on any atom is -0.462 e. The molecule has 0 rings (SSSR count). The Morgan fingerprint density at radius 2 is 0.731 bits per heavy atom. The second kappa shape index (κ2) is 57.3. The van der Waals surface area contributed by atoms with Crippen LogP contribution in [0.5, 0.6) is 0 Å². The van der Waals surface area contributed by atoms with Gasteiger partial charge in [0.2, 0.25) is 0 Å². The number of likely N-dealkylation sites (N-methyl/N-ethyl adjacent to an activating group) is 1. The van der Waals surface area contributed by atoms with Gasteiger partial charge in [-0.2, -0.15) is 0 Å². The second-order valence-electron chi connectivity index (χ2n) is 20.6. The van der Waals surface area contributed by atoms with Crippen LogP contribution in [0.3, 0.4) is 0 Å². The summed E-state index contributed by atoms with van der Waals surface area (Å²) in [6.07, 6.45) is 86.0. The van der Waals surface area contributed by atoms with Crippen molar-refractivity contribution >= 4 is 19.8 Å². The monoisotopic (exact) mass is 1100 g/mol. The summed E-state index contributed by atoms with van der Waals surface area (Å²) in [6.45, 7) is 4.22. The van der Waals surface area contributed by atoms with Crippen molar-refractivity contribution in [3.63, 3.8) is 0 Å². The molecule has 2 atom stereocenters. The first-order valence-corrected chi connectivity index (χ1v) is 31.7. The normalized spacial score (nSPS) is 14.4. The van der Waals surface area contributed by atoms with E-state index >= 15 is 0 Å². The fourth-order valence-electron chi connectivity index (χ4n) is 7.40. The minimum absolute atomic E-state index is 0.0147. The molecule has 0 saturated carbocycles. The number of esters is 2. The number of unbranched alkanes of at least 4 members (excludes halogenated alkanes) is 13. The Morgan fingerprint density at radius 3 is 1.09 bits per heavy atom. The van der Waals surface area contributed by atoms with Crippen molar-refractivity contribution < 1.29 is 42.1 Å². The number of quaternary nitrogens is 1. The lowest BCUT2D eigenvalue weighted by Crippen LogP contribution is -2.37. The molecule has 0 aromatic heterocycles. The predicted molar refractivity (Wildman–Crippen MR) is 334 cm³/mol. The summed E-state index contributed by atoms with van der Waals surface area (Å²) in [6, 6.07) is 0. The summed E-state index contributed by atoms with van der Waals surface area (Å²) in [7, 11) is 1.43. The van der Waals surface area contributed by atoms with E-state index in [1.807, 2.05) is 21.1 Å². The highest BCUT2D eigenvalue weighted by molar-refractivity contribution is 7.47. The molecule has 78 heavy (non-hydrogen) atoms. The molecule has 0 aliphatic rings. The van der Waals surface area contributed by atoms with Gasteiger partial charge in [0, 0.05) is 12.8 Å². The van der Waals surface area contributed by atoms with E-state index in [1.165, 1.54) is 25.7 Å². The average molecular weight is 1100 g/mol. The van der Waals surface area contributed by atoms with Gasteiger partial charge in [-0.15, -0.1) is 0 Å². The highest BCUT2D eigenvalue weighted by Crippen LogP contribution is 2.43. The van der Waals surface area contributed by atoms with E-state index in [4.69, 9.17) is 18.5 Å². The van der Waals surface area contributed by atoms with Gasteiger partial charge in [-0.1, -0.05) is 223 Å². The van der Waals surface area contributed by atoms with Gasteiger partial charge < -0.3 is 18.9 Å². The molecule has 0 aromatic carbocycles. The van der Waals surface area contributed by atoms with Crippen molar-refractivity contribution in [2.75, 3.05) is 47.5 Å². The maximum Gasteiger partial charge on any atom is 0.472 e. The Balaban J connectivity index is 4.28. The quantitative estimate of drug-likeness (QED) is 0.0211. The zero-order valence-corrected chi connectivity index (χ0v) is 50.7. The summed E-state index contributed by atoms with van der Waals surface area (Å²) >= 11 is 0. The molecule has 0 fully saturated rings. The molecular weight excluding hydrogens is 990 g/mol. The van der Waals surface area contributed by atoms with Crippen molar-refractivity contribution in [2.24, 2.45) is 0 Å². The molecular formula is C68H111NO8P+. The molecule has 0 amide bonds. The van der Waals surface area contributed by atoms with Crippen molar-refractivity contribution in [2.45, 2.75) is 213 Å². The van der Waals surface area contributed by atoms with Crippen LogP contribution in [0, 0.1) is 0 Å². The first-order valence-electron chi connectivity index (χ1n) is 30.2. The molecule has 440 valence electrons. The fraction of sp³-hybridized carbons (Fsp3) is 0.588. The highest BCUT2D eigenvalue weighted by Gasteiger charge is 2.27. The van der Waals surface area contributed by atoms with Crippen molar-refractivity contribution in [1.29, 1.82) is 0 Å². The molecule has 0 aromatic rings. The SMILES string of the molecule is CC/C=C\C/C=C\C/C=C\C/C=C\C/C=C\C/C=C\C/C=C\C/C=C\C/C=C\C/C=C\CCCCCCC(=O)OC(COC(=O)CCCCCCCC/C=C\C/C=C\C/C=C\CCCCC)COP(=O)(O)OCC[N+](C)(C)C. The largest absolute Gasteiger partial charge is 0.472 e. The number of carbonyl (C=O) groups excluding carboxylic acids is 2. The van der Waals surface area contributed by atoms with Crippen LogP contribution < -0.4 is 0 Å². The van der Waals surface area contributed by atoms with Crippen LogP contribution in [0.1, 0.15) is 206 Å². The van der Waals surface area contributed by atoms with Gasteiger partial charge in [-0.25, -0.2) is 4.57 Å². The van der Waals surface area contributed by atoms with Gasteiger partial charge in [0.25, 0.3) is 0 Å². The average Bonchev–Trinajstić information content (AvgIpc) is 3.41. The van der Waals surface area contributed by atoms with E-state index in [0.717, 1.165) is 141 Å². The molecule has 0 aliphatic heterocycles. The number of phosphoric ester groups is 1. The van der Waals surface area contributed by atoms with Gasteiger partial charge in [-0.05, 0) is 128 Å². The van der Waals surface area contributed by atoms with E-state index in [0.29, 0.717) is 23.9 Å². The maximum atomic E-state index is 12.8. The third-order valence-electron chi connectivity index (χ3n) is 12.0. The van der Waals surface area contributed by atoms with Crippen LogP contribution in [0.2, 0.25) is 0 Å². The van der Waals surface area contributed by atoms with E-state index in [9.17, 15) is 19.0 Å². The Labute approximate surface area is 477 Å². The summed E-state index contributed by atoms with van der Waals surface area (Å²) in [4.78, 5) is 35.7. The lowest BCUT2D eigenvalue weighted by molar-refractivity contribution is -0.870. The molecule has 10 heteroatoms. The summed E-state index contributed by atoms with van der Waals surface area (Å²) in [5.74, 6) is -0.855. The van der Waals surface area contributed by atoms with Crippen molar-refractivity contribution in [3.8, 4) is 0 Å². The Bertz CT molecular complexity index is 1870. The zero-order chi connectivity index (χ0) is 57.0. The maximum absolute atomic E-state index is 12.8. The molecule has 0 spiro atoms. The van der Waals surface area contributed by atoms with Crippen LogP contribution in [0.25, 0.3) is 0 Å². The summed E-state index contributed by atoms with van der Waals surface area (Å²) < 4.78 is 34.5. The number of hydrogen-bond acceptors (Lipinski definition) is 7.